The molecule has 0 saturated carbocycles. The highest BCUT2D eigenvalue weighted by atomic mass is 16.5. The van der Waals surface area contributed by atoms with Gasteiger partial charge in [-0.25, -0.2) is 0 Å². The van der Waals surface area contributed by atoms with Gasteiger partial charge in [0.15, 0.2) is 0 Å². The second-order valence-electron chi connectivity index (χ2n) is 7.37. The Morgan fingerprint density at radius 2 is 1.61 bits per heavy atom. The molecule has 2 rings (SSSR count). The van der Waals surface area contributed by atoms with Crippen LogP contribution in [0.25, 0.3) is 0 Å². The maximum atomic E-state index is 12.7. The second kappa shape index (κ2) is 10.5. The third kappa shape index (κ3) is 6.41. The van der Waals surface area contributed by atoms with Crippen molar-refractivity contribution in [1.29, 1.82) is 0 Å². The average molecular weight is 383 g/mol. The summed E-state index contributed by atoms with van der Waals surface area (Å²) < 4.78 is 5.84. The molecule has 0 aliphatic rings. The Balaban J connectivity index is 1.95. The van der Waals surface area contributed by atoms with Gasteiger partial charge in [-0.15, -0.1) is 0 Å². The van der Waals surface area contributed by atoms with Crippen molar-refractivity contribution in [2.75, 3.05) is 13.2 Å². The molecule has 5 heteroatoms. The Kier molecular flexibility index (Phi) is 8.05. The normalized spacial score (nSPS) is 11.8. The van der Waals surface area contributed by atoms with Crippen molar-refractivity contribution in [3.05, 3.63) is 65.2 Å². The van der Waals surface area contributed by atoms with Gasteiger partial charge < -0.3 is 15.4 Å². The first-order chi connectivity index (χ1) is 13.4. The van der Waals surface area contributed by atoms with E-state index in [0.717, 1.165) is 22.4 Å². The summed E-state index contributed by atoms with van der Waals surface area (Å²) in [6, 6.07) is 14.5. The molecule has 1 unspecified atom stereocenters. The minimum absolute atomic E-state index is 0.134. The molecule has 0 aromatic heterocycles. The summed E-state index contributed by atoms with van der Waals surface area (Å²) >= 11 is 0. The number of aryl methyl sites for hydroxylation is 2. The number of nitrogens with one attached hydrogen (secondary N) is 2. The van der Waals surface area contributed by atoms with E-state index in [2.05, 4.69) is 10.6 Å². The standard InChI is InChI=1S/C23H30N2O3/c1-16(2)15-20(26)25-21(19-11-6-5-7-12-19)23(27)24-13-14-28-22-17(3)9-8-10-18(22)4/h5-12,16,21H,13-15H2,1-4H3,(H,24,27)(H,25,26). The fraction of sp³-hybridized carbons (Fsp3) is 0.391. The summed E-state index contributed by atoms with van der Waals surface area (Å²) in [5, 5.41) is 5.72. The minimum Gasteiger partial charge on any atom is -0.491 e. The topological polar surface area (TPSA) is 67.4 Å². The van der Waals surface area contributed by atoms with Gasteiger partial charge in [0.1, 0.15) is 18.4 Å². The summed E-state index contributed by atoms with van der Waals surface area (Å²) in [5.41, 5.74) is 2.89. The van der Waals surface area contributed by atoms with Gasteiger partial charge in [0.25, 0.3) is 0 Å². The molecule has 1 atom stereocenters. The number of rotatable bonds is 9. The molecule has 2 amide bonds. The maximum absolute atomic E-state index is 12.7. The number of carbonyl (C=O) groups is 2. The molecule has 0 spiro atoms. The van der Waals surface area contributed by atoms with E-state index >= 15 is 0 Å². The summed E-state index contributed by atoms with van der Waals surface area (Å²) in [4.78, 5) is 24.9. The van der Waals surface area contributed by atoms with E-state index in [9.17, 15) is 9.59 Å². The fourth-order valence-corrected chi connectivity index (χ4v) is 2.99. The summed E-state index contributed by atoms with van der Waals surface area (Å²) in [5.74, 6) is 0.700. The molecule has 2 N–H and O–H groups in total. The van der Waals surface area contributed by atoms with Crippen molar-refractivity contribution in [3.63, 3.8) is 0 Å². The number of amides is 2. The Hall–Kier alpha value is -2.82. The van der Waals surface area contributed by atoms with Crippen LogP contribution in [-0.2, 0) is 9.59 Å². The fourth-order valence-electron chi connectivity index (χ4n) is 2.99. The molecule has 0 aliphatic carbocycles. The van der Waals surface area contributed by atoms with E-state index in [1.54, 1.807) is 0 Å². The monoisotopic (exact) mass is 382 g/mol. The van der Waals surface area contributed by atoms with Crippen LogP contribution in [0.15, 0.2) is 48.5 Å². The van der Waals surface area contributed by atoms with Gasteiger partial charge in [-0.3, -0.25) is 9.59 Å². The van der Waals surface area contributed by atoms with E-state index in [1.807, 2.05) is 76.2 Å². The SMILES string of the molecule is Cc1cccc(C)c1OCCNC(=O)C(NC(=O)CC(C)C)c1ccccc1. The first-order valence-electron chi connectivity index (χ1n) is 9.69. The number of para-hydroxylation sites is 1. The van der Waals surface area contributed by atoms with Crippen LogP contribution in [0.5, 0.6) is 5.75 Å². The van der Waals surface area contributed by atoms with E-state index in [4.69, 9.17) is 4.74 Å². The maximum Gasteiger partial charge on any atom is 0.247 e. The zero-order chi connectivity index (χ0) is 20.5. The lowest BCUT2D eigenvalue weighted by Crippen LogP contribution is -2.41. The van der Waals surface area contributed by atoms with Gasteiger partial charge in [-0.2, -0.15) is 0 Å². The number of hydrogen-bond acceptors (Lipinski definition) is 3. The highest BCUT2D eigenvalue weighted by molar-refractivity contribution is 5.88. The van der Waals surface area contributed by atoms with E-state index < -0.39 is 6.04 Å². The van der Waals surface area contributed by atoms with Gasteiger partial charge in [0.2, 0.25) is 11.8 Å². The van der Waals surface area contributed by atoms with Crippen molar-refractivity contribution in [2.24, 2.45) is 5.92 Å². The highest BCUT2D eigenvalue weighted by Crippen LogP contribution is 2.22. The Labute approximate surface area is 167 Å². The summed E-state index contributed by atoms with van der Waals surface area (Å²) in [6.07, 6.45) is 0.381. The Morgan fingerprint density at radius 3 is 2.21 bits per heavy atom. The van der Waals surface area contributed by atoms with Crippen LogP contribution >= 0.6 is 0 Å². The smallest absolute Gasteiger partial charge is 0.247 e. The Morgan fingerprint density at radius 1 is 0.964 bits per heavy atom. The molecule has 0 saturated heterocycles. The molecule has 0 heterocycles. The lowest BCUT2D eigenvalue weighted by molar-refractivity contribution is -0.129. The van der Waals surface area contributed by atoms with E-state index in [-0.39, 0.29) is 17.7 Å². The summed E-state index contributed by atoms with van der Waals surface area (Å²) in [6.45, 7) is 8.66. The van der Waals surface area contributed by atoms with Crippen molar-refractivity contribution in [1.82, 2.24) is 10.6 Å². The van der Waals surface area contributed by atoms with Crippen molar-refractivity contribution >= 4 is 11.8 Å². The zero-order valence-corrected chi connectivity index (χ0v) is 17.1. The zero-order valence-electron chi connectivity index (χ0n) is 17.1. The quantitative estimate of drug-likeness (QED) is 0.650. The minimum atomic E-state index is -0.715. The van der Waals surface area contributed by atoms with Crippen LogP contribution in [0.4, 0.5) is 0 Å². The molecule has 2 aromatic rings. The molecule has 0 radical (unpaired) electrons. The number of ether oxygens (including phenoxy) is 1. The molecular formula is C23H30N2O3. The first kappa shape index (κ1) is 21.5. The number of hydrogen-bond donors (Lipinski definition) is 2. The molecule has 0 fully saturated rings. The molecule has 150 valence electrons. The molecule has 0 bridgehead atoms. The van der Waals surface area contributed by atoms with Crippen molar-refractivity contribution < 1.29 is 14.3 Å². The molecule has 5 nitrogen and oxygen atoms in total. The highest BCUT2D eigenvalue weighted by Gasteiger charge is 2.22. The molecule has 2 aromatic carbocycles. The Bertz CT molecular complexity index is 767. The largest absolute Gasteiger partial charge is 0.491 e. The first-order valence-corrected chi connectivity index (χ1v) is 9.69. The second-order valence-corrected chi connectivity index (χ2v) is 7.37. The summed E-state index contributed by atoms with van der Waals surface area (Å²) in [7, 11) is 0. The third-order valence-corrected chi connectivity index (χ3v) is 4.35. The predicted octanol–water partition coefficient (Wildman–Crippen LogP) is 3.70. The lowest BCUT2D eigenvalue weighted by atomic mass is 10.0. The number of carbonyl (C=O) groups excluding carboxylic acids is 2. The van der Waals surface area contributed by atoms with Gasteiger partial charge in [-0.1, -0.05) is 62.4 Å². The van der Waals surface area contributed by atoms with Gasteiger partial charge in [-0.05, 0) is 36.5 Å². The van der Waals surface area contributed by atoms with E-state index in [0.29, 0.717) is 19.6 Å². The van der Waals surface area contributed by atoms with Crippen LogP contribution < -0.4 is 15.4 Å². The molecule has 28 heavy (non-hydrogen) atoms. The van der Waals surface area contributed by atoms with Crippen LogP contribution in [-0.4, -0.2) is 25.0 Å². The average Bonchev–Trinajstić information content (AvgIpc) is 2.65. The van der Waals surface area contributed by atoms with Gasteiger partial charge in [0.05, 0.1) is 6.54 Å². The molecule has 0 aliphatic heterocycles. The van der Waals surface area contributed by atoms with Crippen molar-refractivity contribution in [3.8, 4) is 5.75 Å². The molecular weight excluding hydrogens is 352 g/mol. The predicted molar refractivity (Wildman–Crippen MR) is 111 cm³/mol. The van der Waals surface area contributed by atoms with Crippen LogP contribution in [0.2, 0.25) is 0 Å². The van der Waals surface area contributed by atoms with Gasteiger partial charge >= 0.3 is 0 Å². The number of benzene rings is 2. The third-order valence-electron chi connectivity index (χ3n) is 4.35. The lowest BCUT2D eigenvalue weighted by Gasteiger charge is -2.20. The van der Waals surface area contributed by atoms with Crippen LogP contribution in [0.1, 0.15) is 43.0 Å². The van der Waals surface area contributed by atoms with Gasteiger partial charge in [0, 0.05) is 6.42 Å². The van der Waals surface area contributed by atoms with E-state index in [1.165, 1.54) is 0 Å². The van der Waals surface area contributed by atoms with Crippen molar-refractivity contribution in [2.45, 2.75) is 40.2 Å². The van der Waals surface area contributed by atoms with Crippen LogP contribution in [0, 0.1) is 19.8 Å². The van der Waals surface area contributed by atoms with Crippen LogP contribution in [0.3, 0.4) is 0 Å².